The minimum atomic E-state index is -0.756. The van der Waals surface area contributed by atoms with Gasteiger partial charge in [0, 0.05) is 6.04 Å². The van der Waals surface area contributed by atoms with Gasteiger partial charge in [0.2, 0.25) is 11.8 Å². The molecule has 0 aliphatic carbocycles. The lowest BCUT2D eigenvalue weighted by atomic mass is 10.0. The Morgan fingerprint density at radius 3 is 2.23 bits per heavy atom. The van der Waals surface area contributed by atoms with E-state index in [0.717, 1.165) is 11.1 Å². The monoisotopic (exact) mass is 406 g/mol. The molecule has 5 nitrogen and oxygen atoms in total. The molecule has 30 heavy (non-hydrogen) atoms. The van der Waals surface area contributed by atoms with Crippen LogP contribution in [0.4, 0.5) is 5.69 Å². The molecule has 3 rings (SSSR count). The van der Waals surface area contributed by atoms with Gasteiger partial charge in [0.1, 0.15) is 6.04 Å². The summed E-state index contributed by atoms with van der Waals surface area (Å²) in [5, 5.41) is 0. The maximum atomic E-state index is 13.3. The average molecular weight is 407 g/mol. The molecule has 1 heterocycles. The lowest BCUT2D eigenvalue weighted by Crippen LogP contribution is -2.50. The SMILES string of the molecule is CCC(C)N(C(=O)Cc1ccccc1)C1CC(=O)N(c2ccc(C(C)C)cc2)C1=O. The summed E-state index contributed by atoms with van der Waals surface area (Å²) in [6, 6.07) is 16.1. The molecule has 3 amide bonds. The first-order valence-electron chi connectivity index (χ1n) is 10.6. The molecule has 2 aromatic carbocycles. The zero-order valence-corrected chi connectivity index (χ0v) is 18.2. The van der Waals surface area contributed by atoms with Crippen LogP contribution in [-0.2, 0) is 20.8 Å². The number of anilines is 1. The van der Waals surface area contributed by atoms with Crippen LogP contribution in [0.15, 0.2) is 54.6 Å². The van der Waals surface area contributed by atoms with Gasteiger partial charge in [-0.15, -0.1) is 0 Å². The minimum Gasteiger partial charge on any atom is -0.327 e. The molecular formula is C25H30N2O3. The van der Waals surface area contributed by atoms with Crippen LogP contribution in [0.1, 0.15) is 57.6 Å². The predicted octanol–water partition coefficient (Wildman–Crippen LogP) is 4.31. The Morgan fingerprint density at radius 1 is 1.03 bits per heavy atom. The van der Waals surface area contributed by atoms with Crippen molar-refractivity contribution in [3.8, 4) is 0 Å². The maximum Gasteiger partial charge on any atom is 0.257 e. The van der Waals surface area contributed by atoms with Crippen LogP contribution in [-0.4, -0.2) is 34.7 Å². The van der Waals surface area contributed by atoms with Gasteiger partial charge in [-0.05, 0) is 42.5 Å². The molecule has 2 unspecified atom stereocenters. The number of carbonyl (C=O) groups excluding carboxylic acids is 3. The Balaban J connectivity index is 1.85. The number of amides is 3. The molecule has 1 aliphatic heterocycles. The smallest absolute Gasteiger partial charge is 0.257 e. The molecule has 0 spiro atoms. The Labute approximate surface area is 178 Å². The fourth-order valence-electron chi connectivity index (χ4n) is 3.90. The summed E-state index contributed by atoms with van der Waals surface area (Å²) < 4.78 is 0. The summed E-state index contributed by atoms with van der Waals surface area (Å²) in [5.41, 5.74) is 2.61. The van der Waals surface area contributed by atoms with Crippen LogP contribution < -0.4 is 4.90 Å². The van der Waals surface area contributed by atoms with E-state index in [1.54, 1.807) is 4.90 Å². The van der Waals surface area contributed by atoms with Crippen molar-refractivity contribution in [1.29, 1.82) is 0 Å². The molecule has 158 valence electrons. The first-order chi connectivity index (χ1) is 14.3. The molecule has 0 bridgehead atoms. The van der Waals surface area contributed by atoms with E-state index in [9.17, 15) is 14.4 Å². The van der Waals surface area contributed by atoms with Crippen molar-refractivity contribution in [2.45, 2.75) is 65.0 Å². The molecule has 1 aliphatic rings. The molecule has 1 saturated heterocycles. The Morgan fingerprint density at radius 2 is 1.67 bits per heavy atom. The van der Waals surface area contributed by atoms with Gasteiger partial charge in [-0.1, -0.05) is 63.2 Å². The van der Waals surface area contributed by atoms with Gasteiger partial charge >= 0.3 is 0 Å². The number of hydrogen-bond donors (Lipinski definition) is 0. The predicted molar refractivity (Wildman–Crippen MR) is 118 cm³/mol. The summed E-state index contributed by atoms with van der Waals surface area (Å²) in [4.78, 5) is 42.1. The van der Waals surface area contributed by atoms with Crippen LogP contribution in [0.5, 0.6) is 0 Å². The highest BCUT2D eigenvalue weighted by molar-refractivity contribution is 6.23. The molecular weight excluding hydrogens is 376 g/mol. The quantitative estimate of drug-likeness (QED) is 0.644. The molecule has 2 aromatic rings. The first-order valence-corrected chi connectivity index (χ1v) is 10.6. The molecule has 0 radical (unpaired) electrons. The molecule has 1 fully saturated rings. The Kier molecular flexibility index (Phi) is 6.70. The molecule has 2 atom stereocenters. The largest absolute Gasteiger partial charge is 0.327 e. The van der Waals surface area contributed by atoms with Crippen LogP contribution in [0.2, 0.25) is 0 Å². The lowest BCUT2D eigenvalue weighted by Gasteiger charge is -2.33. The number of carbonyl (C=O) groups is 3. The second-order valence-electron chi connectivity index (χ2n) is 8.25. The topological polar surface area (TPSA) is 57.7 Å². The third-order valence-electron chi connectivity index (χ3n) is 5.83. The fraction of sp³-hybridized carbons (Fsp3) is 0.400. The summed E-state index contributed by atoms with van der Waals surface area (Å²) in [7, 11) is 0. The van der Waals surface area contributed by atoms with E-state index < -0.39 is 6.04 Å². The van der Waals surface area contributed by atoms with Crippen LogP contribution in [0.25, 0.3) is 0 Å². The summed E-state index contributed by atoms with van der Waals surface area (Å²) in [6.07, 6.45) is 0.948. The van der Waals surface area contributed by atoms with Gasteiger partial charge in [-0.2, -0.15) is 0 Å². The van der Waals surface area contributed by atoms with E-state index in [1.165, 1.54) is 4.90 Å². The van der Waals surface area contributed by atoms with Crippen LogP contribution in [0.3, 0.4) is 0 Å². The van der Waals surface area contributed by atoms with Gasteiger partial charge in [-0.3, -0.25) is 14.4 Å². The van der Waals surface area contributed by atoms with E-state index in [2.05, 4.69) is 13.8 Å². The van der Waals surface area contributed by atoms with E-state index in [4.69, 9.17) is 0 Å². The van der Waals surface area contributed by atoms with E-state index in [1.807, 2.05) is 68.4 Å². The third-order valence-corrected chi connectivity index (χ3v) is 5.83. The van der Waals surface area contributed by atoms with Gasteiger partial charge in [0.25, 0.3) is 5.91 Å². The number of imide groups is 1. The normalized spacial score (nSPS) is 17.5. The van der Waals surface area contributed by atoms with Gasteiger partial charge in [0.05, 0.1) is 18.5 Å². The van der Waals surface area contributed by atoms with Crippen LogP contribution in [0, 0.1) is 0 Å². The standard InChI is InChI=1S/C25H30N2O3/c1-5-18(4)26(23(28)15-19-9-7-6-8-10-19)22-16-24(29)27(25(22)30)21-13-11-20(12-14-21)17(2)3/h6-14,17-18,22H,5,15-16H2,1-4H3. The fourth-order valence-corrected chi connectivity index (χ4v) is 3.90. The van der Waals surface area contributed by atoms with Crippen molar-refractivity contribution < 1.29 is 14.4 Å². The van der Waals surface area contributed by atoms with E-state index >= 15 is 0 Å². The zero-order valence-electron chi connectivity index (χ0n) is 18.2. The number of rotatable bonds is 7. The summed E-state index contributed by atoms with van der Waals surface area (Å²) in [6.45, 7) is 8.11. The average Bonchev–Trinajstić information content (AvgIpc) is 3.02. The second-order valence-corrected chi connectivity index (χ2v) is 8.25. The second kappa shape index (κ2) is 9.24. The lowest BCUT2D eigenvalue weighted by molar-refractivity contribution is -0.140. The third kappa shape index (κ3) is 4.45. The summed E-state index contributed by atoms with van der Waals surface area (Å²) in [5.74, 6) is -0.339. The Hall–Kier alpha value is -2.95. The van der Waals surface area contributed by atoms with Crippen molar-refractivity contribution in [2.24, 2.45) is 0 Å². The Bertz CT molecular complexity index is 906. The minimum absolute atomic E-state index is 0.0234. The van der Waals surface area contributed by atoms with Gasteiger partial charge in [-0.25, -0.2) is 4.90 Å². The first kappa shape index (κ1) is 21.8. The highest BCUT2D eigenvalue weighted by atomic mass is 16.2. The highest BCUT2D eigenvalue weighted by Gasteiger charge is 2.45. The molecule has 0 saturated carbocycles. The zero-order chi connectivity index (χ0) is 21.8. The van der Waals surface area contributed by atoms with Crippen molar-refractivity contribution in [3.05, 3.63) is 65.7 Å². The van der Waals surface area contributed by atoms with E-state index in [0.29, 0.717) is 18.0 Å². The van der Waals surface area contributed by atoms with E-state index in [-0.39, 0.29) is 36.6 Å². The van der Waals surface area contributed by atoms with Crippen molar-refractivity contribution in [1.82, 2.24) is 4.90 Å². The van der Waals surface area contributed by atoms with Crippen molar-refractivity contribution in [3.63, 3.8) is 0 Å². The van der Waals surface area contributed by atoms with Gasteiger partial charge in [0.15, 0.2) is 0 Å². The summed E-state index contributed by atoms with van der Waals surface area (Å²) >= 11 is 0. The molecule has 0 N–H and O–H groups in total. The van der Waals surface area contributed by atoms with Crippen molar-refractivity contribution >= 4 is 23.4 Å². The highest BCUT2D eigenvalue weighted by Crippen LogP contribution is 2.29. The van der Waals surface area contributed by atoms with Crippen LogP contribution >= 0.6 is 0 Å². The number of hydrogen-bond acceptors (Lipinski definition) is 3. The number of nitrogens with zero attached hydrogens (tertiary/aromatic N) is 2. The van der Waals surface area contributed by atoms with Gasteiger partial charge < -0.3 is 4.90 Å². The number of benzene rings is 2. The molecule has 5 heteroatoms. The van der Waals surface area contributed by atoms with Crippen molar-refractivity contribution in [2.75, 3.05) is 4.90 Å². The molecule has 0 aromatic heterocycles. The maximum absolute atomic E-state index is 13.3.